The van der Waals surface area contributed by atoms with Gasteiger partial charge in [-0.3, -0.25) is 10.1 Å². The summed E-state index contributed by atoms with van der Waals surface area (Å²) in [6.07, 6.45) is 2.73. The molecule has 7 heteroatoms. The van der Waals surface area contributed by atoms with Gasteiger partial charge in [-0.25, -0.2) is 8.78 Å². The molecule has 104 valence electrons. The van der Waals surface area contributed by atoms with Gasteiger partial charge in [0.25, 0.3) is 5.69 Å². The lowest BCUT2D eigenvalue weighted by atomic mass is 10.2. The highest BCUT2D eigenvalue weighted by atomic mass is 19.1. The maximum atomic E-state index is 13.5. The van der Waals surface area contributed by atoms with Gasteiger partial charge >= 0.3 is 0 Å². The number of hydrogen-bond acceptors (Lipinski definition) is 4. The molecule has 1 aromatic carbocycles. The third-order valence-corrected chi connectivity index (χ3v) is 3.03. The maximum Gasteiger partial charge on any atom is 0.275 e. The Morgan fingerprint density at radius 2 is 2.11 bits per heavy atom. The molecule has 0 saturated carbocycles. The molecule has 2 rings (SSSR count). The van der Waals surface area contributed by atoms with Crippen LogP contribution in [0.4, 0.5) is 20.2 Å². The summed E-state index contributed by atoms with van der Waals surface area (Å²) in [5.41, 5.74) is -0.928. The number of benzene rings is 1. The predicted octanol–water partition coefficient (Wildman–Crippen LogP) is 2.85. The molecule has 0 aliphatic carbocycles. The summed E-state index contributed by atoms with van der Waals surface area (Å²) >= 11 is 0. The van der Waals surface area contributed by atoms with Crippen molar-refractivity contribution < 1.29 is 18.4 Å². The molecule has 1 aliphatic heterocycles. The fourth-order valence-electron chi connectivity index (χ4n) is 2.06. The monoisotopic (exact) mass is 272 g/mol. The minimum absolute atomic E-state index is 0.122. The molecule has 1 atom stereocenters. The highest BCUT2D eigenvalue weighted by Gasteiger charge is 2.18. The van der Waals surface area contributed by atoms with Crippen LogP contribution >= 0.6 is 0 Å². The van der Waals surface area contributed by atoms with E-state index < -0.39 is 22.2 Å². The predicted molar refractivity (Wildman–Crippen MR) is 65.1 cm³/mol. The molecule has 1 unspecified atom stereocenters. The number of nitrogens with one attached hydrogen (secondary N) is 1. The molecular weight excluding hydrogens is 258 g/mol. The molecule has 1 aliphatic rings. The van der Waals surface area contributed by atoms with Crippen molar-refractivity contribution in [3.63, 3.8) is 0 Å². The van der Waals surface area contributed by atoms with Crippen LogP contribution in [0, 0.1) is 21.7 Å². The van der Waals surface area contributed by atoms with Crippen molar-refractivity contribution in [3.8, 4) is 0 Å². The van der Waals surface area contributed by atoms with Crippen molar-refractivity contribution in [1.29, 1.82) is 0 Å². The van der Waals surface area contributed by atoms with E-state index in [0.29, 0.717) is 25.1 Å². The number of halogens is 2. The van der Waals surface area contributed by atoms with Gasteiger partial charge in [-0.05, 0) is 19.3 Å². The number of nitrogens with zero attached hydrogens (tertiary/aromatic N) is 1. The fourth-order valence-corrected chi connectivity index (χ4v) is 2.06. The zero-order chi connectivity index (χ0) is 13.8. The van der Waals surface area contributed by atoms with Crippen molar-refractivity contribution in [2.75, 3.05) is 18.5 Å². The van der Waals surface area contributed by atoms with E-state index >= 15 is 0 Å². The van der Waals surface area contributed by atoms with E-state index in [9.17, 15) is 18.9 Å². The van der Waals surface area contributed by atoms with Crippen molar-refractivity contribution in [1.82, 2.24) is 0 Å². The summed E-state index contributed by atoms with van der Waals surface area (Å²) in [6, 6.07) is 1.41. The smallest absolute Gasteiger partial charge is 0.275 e. The molecule has 0 radical (unpaired) electrons. The minimum Gasteiger partial charge on any atom is -0.380 e. The Bertz CT molecular complexity index is 453. The quantitative estimate of drug-likeness (QED) is 0.661. The first-order valence-electron chi connectivity index (χ1n) is 6.07. The molecule has 1 heterocycles. The number of nitro benzene ring substituents is 1. The normalized spacial score (nSPS) is 18.5. The largest absolute Gasteiger partial charge is 0.380 e. The number of rotatable bonds is 5. The lowest BCUT2D eigenvalue weighted by molar-refractivity contribution is -0.385. The van der Waals surface area contributed by atoms with Crippen LogP contribution in [0.3, 0.4) is 0 Å². The third kappa shape index (κ3) is 3.37. The first-order chi connectivity index (χ1) is 9.08. The number of non-ortho nitro benzene ring substituents is 1. The van der Waals surface area contributed by atoms with Gasteiger partial charge in [0.1, 0.15) is 5.69 Å². The van der Waals surface area contributed by atoms with Crippen LogP contribution in [0.15, 0.2) is 12.1 Å². The Balaban J connectivity index is 1.97. The second kappa shape index (κ2) is 5.92. The summed E-state index contributed by atoms with van der Waals surface area (Å²) in [6.45, 7) is 1.08. The fraction of sp³-hybridized carbons (Fsp3) is 0.500. The molecule has 0 aromatic heterocycles. The van der Waals surface area contributed by atoms with Crippen molar-refractivity contribution in [2.45, 2.75) is 25.4 Å². The van der Waals surface area contributed by atoms with Gasteiger partial charge < -0.3 is 10.1 Å². The highest BCUT2D eigenvalue weighted by molar-refractivity contribution is 5.51. The molecule has 1 aromatic rings. The summed E-state index contributed by atoms with van der Waals surface area (Å²) in [5, 5.41) is 13.1. The Kier molecular flexibility index (Phi) is 4.26. The van der Waals surface area contributed by atoms with E-state index in [2.05, 4.69) is 5.32 Å². The zero-order valence-electron chi connectivity index (χ0n) is 10.2. The highest BCUT2D eigenvalue weighted by Crippen LogP contribution is 2.25. The molecule has 1 fully saturated rings. The maximum absolute atomic E-state index is 13.5. The van der Waals surface area contributed by atoms with E-state index in [1.165, 1.54) is 0 Å². The summed E-state index contributed by atoms with van der Waals surface area (Å²) in [7, 11) is 0. The molecule has 1 saturated heterocycles. The summed E-state index contributed by atoms with van der Waals surface area (Å²) in [4.78, 5) is 9.61. The van der Waals surface area contributed by atoms with Gasteiger partial charge in [0, 0.05) is 13.2 Å². The Morgan fingerprint density at radius 1 is 1.42 bits per heavy atom. The van der Waals surface area contributed by atoms with Crippen LogP contribution < -0.4 is 5.32 Å². The minimum atomic E-state index is -0.959. The van der Waals surface area contributed by atoms with Crippen LogP contribution in [0.1, 0.15) is 19.3 Å². The van der Waals surface area contributed by atoms with Crippen molar-refractivity contribution >= 4 is 11.4 Å². The summed E-state index contributed by atoms with van der Waals surface area (Å²) in [5.74, 6) is -1.92. The van der Waals surface area contributed by atoms with E-state index in [1.807, 2.05) is 0 Å². The summed E-state index contributed by atoms with van der Waals surface area (Å²) < 4.78 is 32.5. The number of ether oxygens (including phenoxy) is 1. The van der Waals surface area contributed by atoms with Gasteiger partial charge in [0.05, 0.1) is 23.2 Å². The first-order valence-corrected chi connectivity index (χ1v) is 6.07. The Hall–Kier alpha value is -1.76. The van der Waals surface area contributed by atoms with Crippen molar-refractivity contribution in [2.24, 2.45) is 0 Å². The molecule has 1 N–H and O–H groups in total. The molecule has 5 nitrogen and oxygen atoms in total. The van der Waals surface area contributed by atoms with E-state index in [4.69, 9.17) is 4.74 Å². The van der Waals surface area contributed by atoms with Gasteiger partial charge in [-0.15, -0.1) is 0 Å². The number of hydrogen-bond donors (Lipinski definition) is 1. The van der Waals surface area contributed by atoms with Crippen LogP contribution in [-0.2, 0) is 4.74 Å². The van der Waals surface area contributed by atoms with Gasteiger partial charge in [0.2, 0.25) is 0 Å². The number of nitro groups is 1. The third-order valence-electron chi connectivity index (χ3n) is 3.03. The van der Waals surface area contributed by atoms with E-state index in [-0.39, 0.29) is 11.8 Å². The SMILES string of the molecule is O=[N+]([O-])c1cc(F)c(NCCC2CCCO2)c(F)c1. The lowest BCUT2D eigenvalue weighted by Crippen LogP contribution is -2.14. The van der Waals surface area contributed by atoms with Crippen molar-refractivity contribution in [3.05, 3.63) is 33.9 Å². The standard InChI is InChI=1S/C12H14F2N2O3/c13-10-6-8(16(17)18)7-11(14)12(10)15-4-3-9-2-1-5-19-9/h6-7,9,15H,1-5H2. The Morgan fingerprint density at radius 3 is 2.63 bits per heavy atom. The first kappa shape index (κ1) is 13.7. The second-order valence-electron chi connectivity index (χ2n) is 4.39. The molecule has 19 heavy (non-hydrogen) atoms. The van der Waals surface area contributed by atoms with Gasteiger partial charge in [-0.1, -0.05) is 0 Å². The average molecular weight is 272 g/mol. The second-order valence-corrected chi connectivity index (χ2v) is 4.39. The number of anilines is 1. The van der Waals surface area contributed by atoms with Gasteiger partial charge in [-0.2, -0.15) is 0 Å². The van der Waals surface area contributed by atoms with Crippen LogP contribution in [0.2, 0.25) is 0 Å². The van der Waals surface area contributed by atoms with E-state index in [0.717, 1.165) is 19.4 Å². The Labute approximate surface area is 108 Å². The molecular formula is C12H14F2N2O3. The molecule has 0 spiro atoms. The van der Waals surface area contributed by atoms with E-state index in [1.54, 1.807) is 0 Å². The molecule has 0 bridgehead atoms. The topological polar surface area (TPSA) is 64.4 Å². The van der Waals surface area contributed by atoms with Crippen LogP contribution in [0.25, 0.3) is 0 Å². The van der Waals surface area contributed by atoms with Crippen LogP contribution in [0.5, 0.6) is 0 Å². The van der Waals surface area contributed by atoms with Crippen LogP contribution in [-0.4, -0.2) is 24.2 Å². The average Bonchev–Trinajstić information content (AvgIpc) is 2.85. The van der Waals surface area contributed by atoms with Gasteiger partial charge in [0.15, 0.2) is 11.6 Å². The molecule has 0 amide bonds. The zero-order valence-corrected chi connectivity index (χ0v) is 10.2. The lowest BCUT2D eigenvalue weighted by Gasteiger charge is -2.12.